The summed E-state index contributed by atoms with van der Waals surface area (Å²) < 4.78 is 0. The van der Waals surface area contributed by atoms with Gasteiger partial charge in [-0.2, -0.15) is 10.2 Å². The summed E-state index contributed by atoms with van der Waals surface area (Å²) in [6.07, 6.45) is 48.9. The summed E-state index contributed by atoms with van der Waals surface area (Å²) in [5.74, 6) is 0. The molecular formula is C36H72N2. The molecule has 38 heavy (non-hydrogen) atoms. The SMILES string of the molecule is CCCCCCCCCCCCCCCCCC=NN=CCCCCCCCCCCCCCCCCC. The minimum Gasteiger partial charge on any atom is -0.164 e. The van der Waals surface area contributed by atoms with Gasteiger partial charge in [0.15, 0.2) is 0 Å². The van der Waals surface area contributed by atoms with E-state index in [-0.39, 0.29) is 0 Å². The van der Waals surface area contributed by atoms with Gasteiger partial charge in [-0.1, -0.05) is 194 Å². The second kappa shape index (κ2) is 36.3. The summed E-state index contributed by atoms with van der Waals surface area (Å²) >= 11 is 0. The van der Waals surface area contributed by atoms with Gasteiger partial charge in [0.05, 0.1) is 0 Å². The van der Waals surface area contributed by atoms with Crippen molar-refractivity contribution in [2.45, 2.75) is 219 Å². The van der Waals surface area contributed by atoms with Crippen molar-refractivity contribution in [2.24, 2.45) is 10.2 Å². The molecule has 0 N–H and O–H groups in total. The molecule has 0 unspecified atom stereocenters. The summed E-state index contributed by atoms with van der Waals surface area (Å²) in [5, 5.41) is 8.45. The second-order valence-corrected chi connectivity index (χ2v) is 12.1. The van der Waals surface area contributed by atoms with Crippen LogP contribution in [-0.2, 0) is 0 Å². The fourth-order valence-electron chi connectivity index (χ4n) is 5.42. The summed E-state index contributed by atoms with van der Waals surface area (Å²) in [6.45, 7) is 4.60. The van der Waals surface area contributed by atoms with Gasteiger partial charge in [0.2, 0.25) is 0 Å². The molecule has 0 aliphatic heterocycles. The highest BCUT2D eigenvalue weighted by atomic mass is 15.2. The Morgan fingerprint density at radius 3 is 0.658 bits per heavy atom. The Bertz CT molecular complexity index is 414. The van der Waals surface area contributed by atoms with Crippen LogP contribution in [0.25, 0.3) is 0 Å². The van der Waals surface area contributed by atoms with Crippen LogP contribution in [-0.4, -0.2) is 12.4 Å². The average molecular weight is 533 g/mol. The van der Waals surface area contributed by atoms with Crippen molar-refractivity contribution in [3.05, 3.63) is 0 Å². The molecule has 2 nitrogen and oxygen atoms in total. The number of hydrogen-bond donors (Lipinski definition) is 0. The maximum Gasteiger partial charge on any atom is 0.0270 e. The number of rotatable bonds is 33. The molecule has 0 amide bonds. The lowest BCUT2D eigenvalue weighted by molar-refractivity contribution is 0.533. The Balaban J connectivity index is 3.14. The van der Waals surface area contributed by atoms with Gasteiger partial charge in [-0.05, 0) is 25.7 Å². The smallest absolute Gasteiger partial charge is 0.0270 e. The molecule has 0 heterocycles. The second-order valence-electron chi connectivity index (χ2n) is 12.1. The van der Waals surface area contributed by atoms with Gasteiger partial charge in [-0.3, -0.25) is 0 Å². The van der Waals surface area contributed by atoms with Crippen LogP contribution in [0.5, 0.6) is 0 Å². The zero-order valence-electron chi connectivity index (χ0n) is 26.7. The topological polar surface area (TPSA) is 24.7 Å². The maximum absolute atomic E-state index is 4.23. The number of hydrogen-bond acceptors (Lipinski definition) is 2. The van der Waals surface area contributed by atoms with Crippen LogP contribution in [0.3, 0.4) is 0 Å². The third kappa shape index (κ3) is 35.3. The van der Waals surface area contributed by atoms with Gasteiger partial charge < -0.3 is 0 Å². The van der Waals surface area contributed by atoms with Crippen molar-refractivity contribution in [3.8, 4) is 0 Å². The Kier molecular flexibility index (Phi) is 35.7. The van der Waals surface area contributed by atoms with Gasteiger partial charge in [-0.25, -0.2) is 0 Å². The van der Waals surface area contributed by atoms with Gasteiger partial charge in [0, 0.05) is 12.4 Å². The first-order valence-corrected chi connectivity index (χ1v) is 17.9. The third-order valence-electron chi connectivity index (χ3n) is 8.10. The van der Waals surface area contributed by atoms with E-state index in [0.717, 1.165) is 12.8 Å². The Morgan fingerprint density at radius 1 is 0.263 bits per heavy atom. The first-order chi connectivity index (χ1) is 18.9. The van der Waals surface area contributed by atoms with Crippen LogP contribution in [0.1, 0.15) is 219 Å². The van der Waals surface area contributed by atoms with Crippen LogP contribution >= 0.6 is 0 Å². The fourth-order valence-corrected chi connectivity index (χ4v) is 5.42. The zero-order valence-corrected chi connectivity index (χ0v) is 26.7. The van der Waals surface area contributed by atoms with E-state index in [1.807, 2.05) is 12.4 Å². The molecule has 0 radical (unpaired) electrons. The predicted octanol–water partition coefficient (Wildman–Crippen LogP) is 13.6. The van der Waals surface area contributed by atoms with E-state index in [0.29, 0.717) is 0 Å². The monoisotopic (exact) mass is 533 g/mol. The largest absolute Gasteiger partial charge is 0.164 e. The summed E-state index contributed by atoms with van der Waals surface area (Å²) in [4.78, 5) is 0. The molecule has 0 saturated heterocycles. The molecule has 0 spiro atoms. The molecule has 0 aliphatic rings. The zero-order chi connectivity index (χ0) is 27.5. The molecule has 0 aromatic heterocycles. The van der Waals surface area contributed by atoms with Gasteiger partial charge in [0.25, 0.3) is 0 Å². The number of nitrogens with zero attached hydrogens (tertiary/aromatic N) is 2. The van der Waals surface area contributed by atoms with Gasteiger partial charge >= 0.3 is 0 Å². The van der Waals surface area contributed by atoms with Crippen molar-refractivity contribution < 1.29 is 0 Å². The molecule has 0 aromatic carbocycles. The Hall–Kier alpha value is -0.660. The maximum atomic E-state index is 4.23. The Morgan fingerprint density at radius 2 is 0.447 bits per heavy atom. The van der Waals surface area contributed by atoms with E-state index in [9.17, 15) is 0 Å². The summed E-state index contributed by atoms with van der Waals surface area (Å²) in [7, 11) is 0. The molecule has 0 fully saturated rings. The van der Waals surface area contributed by atoms with Crippen LogP contribution < -0.4 is 0 Å². The van der Waals surface area contributed by atoms with Crippen molar-refractivity contribution in [1.29, 1.82) is 0 Å². The van der Waals surface area contributed by atoms with Crippen LogP contribution in [0.4, 0.5) is 0 Å². The van der Waals surface area contributed by atoms with Crippen molar-refractivity contribution >= 4 is 12.4 Å². The number of unbranched alkanes of at least 4 members (excludes halogenated alkanes) is 30. The molecule has 0 aliphatic carbocycles. The van der Waals surface area contributed by atoms with Crippen LogP contribution in [0, 0.1) is 0 Å². The molecular weight excluding hydrogens is 460 g/mol. The predicted molar refractivity (Wildman–Crippen MR) is 176 cm³/mol. The standard InChI is InChI=1S/C36H72N2/c1-3-5-7-9-11-13-15-17-19-21-23-25-27-29-31-33-35-37-38-36-34-32-30-28-26-24-22-20-18-16-14-12-10-8-6-4-2/h35-36H,3-34H2,1-2H3. The normalized spacial score (nSPS) is 11.9. The minimum atomic E-state index is 1.09. The molecule has 226 valence electrons. The summed E-state index contributed by atoms with van der Waals surface area (Å²) in [5.41, 5.74) is 0. The van der Waals surface area contributed by atoms with E-state index < -0.39 is 0 Å². The van der Waals surface area contributed by atoms with E-state index in [1.165, 1.54) is 193 Å². The highest BCUT2D eigenvalue weighted by Gasteiger charge is 1.95. The van der Waals surface area contributed by atoms with E-state index in [2.05, 4.69) is 24.1 Å². The lowest BCUT2D eigenvalue weighted by Gasteiger charge is -2.03. The van der Waals surface area contributed by atoms with Crippen LogP contribution in [0.15, 0.2) is 10.2 Å². The minimum absolute atomic E-state index is 1.09. The molecule has 0 saturated carbocycles. The van der Waals surface area contributed by atoms with Crippen molar-refractivity contribution in [1.82, 2.24) is 0 Å². The molecule has 0 atom stereocenters. The average Bonchev–Trinajstić information content (AvgIpc) is 2.93. The first-order valence-electron chi connectivity index (χ1n) is 17.9. The fraction of sp³-hybridized carbons (Fsp3) is 0.944. The van der Waals surface area contributed by atoms with Crippen molar-refractivity contribution in [3.63, 3.8) is 0 Å². The van der Waals surface area contributed by atoms with Crippen molar-refractivity contribution in [2.75, 3.05) is 0 Å². The lowest BCUT2D eigenvalue weighted by Crippen LogP contribution is -1.84. The Labute approximate surface area is 241 Å². The highest BCUT2D eigenvalue weighted by molar-refractivity contribution is 5.61. The molecule has 0 rings (SSSR count). The molecule has 2 heteroatoms. The van der Waals surface area contributed by atoms with Gasteiger partial charge in [0.1, 0.15) is 0 Å². The van der Waals surface area contributed by atoms with E-state index >= 15 is 0 Å². The molecule has 0 aromatic rings. The summed E-state index contributed by atoms with van der Waals surface area (Å²) in [6, 6.07) is 0. The first kappa shape index (κ1) is 37.3. The van der Waals surface area contributed by atoms with Gasteiger partial charge in [-0.15, -0.1) is 0 Å². The lowest BCUT2D eigenvalue weighted by atomic mass is 10.0. The van der Waals surface area contributed by atoms with E-state index in [4.69, 9.17) is 0 Å². The van der Waals surface area contributed by atoms with Crippen LogP contribution in [0.2, 0.25) is 0 Å². The van der Waals surface area contributed by atoms with E-state index in [1.54, 1.807) is 0 Å². The quantitative estimate of drug-likeness (QED) is 0.0456. The highest BCUT2D eigenvalue weighted by Crippen LogP contribution is 2.15. The third-order valence-corrected chi connectivity index (χ3v) is 8.10. The molecule has 0 bridgehead atoms.